The lowest BCUT2D eigenvalue weighted by atomic mass is 10.1. The molecule has 0 radical (unpaired) electrons. The smallest absolute Gasteiger partial charge is 0.434 e. The Labute approximate surface area is 216 Å². The number of benzene rings is 1. The van der Waals surface area contributed by atoms with Crippen LogP contribution in [0.3, 0.4) is 0 Å². The number of rotatable bonds is 7. The van der Waals surface area contributed by atoms with Gasteiger partial charge in [-0.05, 0) is 24.8 Å². The average Bonchev–Trinajstić information content (AvgIpc) is 3.51. The van der Waals surface area contributed by atoms with E-state index in [2.05, 4.69) is 25.6 Å². The van der Waals surface area contributed by atoms with Crippen LogP contribution in [0.25, 0.3) is 22.8 Å². The minimum absolute atomic E-state index is 0.256. The van der Waals surface area contributed by atoms with Crippen LogP contribution in [0.1, 0.15) is 41.3 Å². The Balaban J connectivity index is 1.27. The Bertz CT molecular complexity index is 1500. The molecule has 0 amide bonds. The highest BCUT2D eigenvalue weighted by Gasteiger charge is 2.35. The van der Waals surface area contributed by atoms with Crippen molar-refractivity contribution in [3.63, 3.8) is 0 Å². The Morgan fingerprint density at radius 1 is 1.11 bits per heavy atom. The Morgan fingerprint density at radius 2 is 1.89 bits per heavy atom. The number of imidazole rings is 1. The Kier molecular flexibility index (Phi) is 5.88. The second kappa shape index (κ2) is 9.26. The lowest BCUT2D eigenvalue weighted by Gasteiger charge is -2.15. The van der Waals surface area contributed by atoms with Crippen molar-refractivity contribution in [3.05, 3.63) is 59.3 Å². The van der Waals surface area contributed by atoms with Crippen molar-refractivity contribution >= 4 is 11.6 Å². The molecule has 3 aromatic heterocycles. The van der Waals surface area contributed by atoms with Gasteiger partial charge in [0.25, 0.3) is 0 Å². The van der Waals surface area contributed by atoms with E-state index < -0.39 is 11.9 Å². The molecule has 196 valence electrons. The summed E-state index contributed by atoms with van der Waals surface area (Å²) in [5, 5.41) is 6.76. The normalized spacial score (nSPS) is 14.8. The predicted molar refractivity (Wildman–Crippen MR) is 135 cm³/mol. The van der Waals surface area contributed by atoms with Crippen LogP contribution in [0, 0.1) is 0 Å². The molecule has 1 aliphatic heterocycles. The number of aromatic nitrogens is 6. The van der Waals surface area contributed by atoms with E-state index in [1.807, 2.05) is 12.1 Å². The van der Waals surface area contributed by atoms with Gasteiger partial charge >= 0.3 is 6.18 Å². The Morgan fingerprint density at radius 3 is 2.58 bits per heavy atom. The van der Waals surface area contributed by atoms with Gasteiger partial charge in [0, 0.05) is 43.4 Å². The number of anilines is 2. The van der Waals surface area contributed by atoms with Crippen LogP contribution in [-0.4, -0.2) is 43.1 Å². The van der Waals surface area contributed by atoms with Gasteiger partial charge in [0.1, 0.15) is 29.4 Å². The van der Waals surface area contributed by atoms with E-state index in [4.69, 9.17) is 14.7 Å². The molecule has 1 aliphatic carbocycles. The number of methoxy groups -OCH3 is 1. The summed E-state index contributed by atoms with van der Waals surface area (Å²) in [6.07, 6.45) is 0.934. The molecule has 4 aromatic rings. The van der Waals surface area contributed by atoms with Crippen LogP contribution >= 0.6 is 0 Å². The maximum absolute atomic E-state index is 13.0. The van der Waals surface area contributed by atoms with Crippen LogP contribution in [0.2, 0.25) is 0 Å². The van der Waals surface area contributed by atoms with E-state index >= 15 is 0 Å². The third kappa shape index (κ3) is 4.50. The quantitative estimate of drug-likeness (QED) is 0.356. The topological polar surface area (TPSA) is 103 Å². The number of hydrogen-bond donors (Lipinski definition) is 2. The maximum atomic E-state index is 13.0. The highest BCUT2D eigenvalue weighted by Crippen LogP contribution is 2.45. The highest BCUT2D eigenvalue weighted by atomic mass is 19.4. The first-order valence-corrected chi connectivity index (χ1v) is 12.3. The summed E-state index contributed by atoms with van der Waals surface area (Å²) in [4.78, 5) is 22.2. The molecule has 6 rings (SSSR count). The number of alkyl halides is 3. The molecule has 12 heteroatoms. The maximum Gasteiger partial charge on any atom is 0.434 e. The van der Waals surface area contributed by atoms with Gasteiger partial charge in [-0.1, -0.05) is 24.3 Å². The molecule has 0 atom stereocenters. The molecule has 1 fully saturated rings. The lowest BCUT2D eigenvalue weighted by Crippen LogP contribution is -2.08. The summed E-state index contributed by atoms with van der Waals surface area (Å²) in [6.45, 7) is 1.23. The van der Waals surface area contributed by atoms with Crippen molar-refractivity contribution < 1.29 is 17.9 Å². The molecular formula is C26H25F3N8O. The van der Waals surface area contributed by atoms with Gasteiger partial charge in [0.2, 0.25) is 5.88 Å². The molecule has 2 aliphatic rings. The van der Waals surface area contributed by atoms with Crippen LogP contribution in [0.15, 0.2) is 36.8 Å². The fraction of sp³-hybridized carbons (Fsp3) is 0.346. The highest BCUT2D eigenvalue weighted by molar-refractivity contribution is 5.72. The lowest BCUT2D eigenvalue weighted by molar-refractivity contribution is -0.140. The summed E-state index contributed by atoms with van der Waals surface area (Å²) in [5.41, 5.74) is 3.26. The molecule has 4 heterocycles. The first kappa shape index (κ1) is 24.1. The van der Waals surface area contributed by atoms with Crippen LogP contribution < -0.4 is 15.4 Å². The second-order valence-corrected chi connectivity index (χ2v) is 9.43. The first-order valence-electron chi connectivity index (χ1n) is 12.3. The van der Waals surface area contributed by atoms with Crippen LogP contribution in [0.5, 0.6) is 5.88 Å². The fourth-order valence-corrected chi connectivity index (χ4v) is 4.67. The Hall–Kier alpha value is -4.22. The largest absolute Gasteiger partial charge is 0.480 e. The van der Waals surface area contributed by atoms with Gasteiger partial charge < -0.3 is 19.9 Å². The van der Waals surface area contributed by atoms with E-state index in [1.54, 1.807) is 26.3 Å². The van der Waals surface area contributed by atoms with Gasteiger partial charge in [0.05, 0.1) is 12.8 Å². The molecule has 9 nitrogen and oxygen atoms in total. The first-order chi connectivity index (χ1) is 18.3. The molecule has 2 N–H and O–H groups in total. The van der Waals surface area contributed by atoms with Gasteiger partial charge in [-0.2, -0.15) is 13.2 Å². The third-order valence-corrected chi connectivity index (χ3v) is 6.74. The molecule has 0 saturated heterocycles. The van der Waals surface area contributed by atoms with Crippen molar-refractivity contribution in [1.29, 1.82) is 0 Å². The summed E-state index contributed by atoms with van der Waals surface area (Å²) in [5.74, 6) is 3.05. The molecule has 0 bridgehead atoms. The zero-order chi connectivity index (χ0) is 26.4. The zero-order valence-corrected chi connectivity index (χ0v) is 20.8. The number of fused-ring (bicyclic) bond motifs is 1. The van der Waals surface area contributed by atoms with Gasteiger partial charge in [-0.25, -0.2) is 24.9 Å². The monoisotopic (exact) mass is 522 g/mol. The van der Waals surface area contributed by atoms with Gasteiger partial charge in [-0.3, -0.25) is 0 Å². The third-order valence-electron chi connectivity index (χ3n) is 6.74. The summed E-state index contributed by atoms with van der Waals surface area (Å²) < 4.78 is 46.1. The fourth-order valence-electron chi connectivity index (χ4n) is 4.67. The van der Waals surface area contributed by atoms with Crippen molar-refractivity contribution in [2.24, 2.45) is 7.05 Å². The van der Waals surface area contributed by atoms with E-state index in [1.165, 1.54) is 10.9 Å². The van der Waals surface area contributed by atoms with Gasteiger partial charge in [-0.15, -0.1) is 0 Å². The molecule has 38 heavy (non-hydrogen) atoms. The van der Waals surface area contributed by atoms with Crippen molar-refractivity contribution in [2.75, 3.05) is 24.3 Å². The van der Waals surface area contributed by atoms with E-state index in [0.717, 1.165) is 60.2 Å². The summed E-state index contributed by atoms with van der Waals surface area (Å²) >= 11 is 0. The minimum Gasteiger partial charge on any atom is -0.480 e. The van der Waals surface area contributed by atoms with Crippen molar-refractivity contribution in [1.82, 2.24) is 29.5 Å². The number of nitrogens with zero attached hydrogens (tertiary/aromatic N) is 6. The average molecular weight is 523 g/mol. The zero-order valence-electron chi connectivity index (χ0n) is 20.8. The second-order valence-electron chi connectivity index (χ2n) is 9.43. The summed E-state index contributed by atoms with van der Waals surface area (Å²) in [6, 6.07) is 7.27. The number of nitrogens with one attached hydrogen (secondary N) is 2. The van der Waals surface area contributed by atoms with Gasteiger partial charge in [0.15, 0.2) is 11.5 Å². The molecule has 1 saturated carbocycles. The van der Waals surface area contributed by atoms with Crippen molar-refractivity contribution in [2.45, 2.75) is 37.9 Å². The SMILES string of the molecule is COc1ncnc(C2CC2)c1-c1nc2c(c(NCc3ccc(-c4nc(C(F)(F)F)cn4C)cc3)n1)CCN2. The molecular weight excluding hydrogens is 497 g/mol. The standard InChI is InChI=1S/C26H25F3N8O/c1-37-12-18(26(27,28)29)34-24(37)16-5-3-14(4-6-16)11-31-22-17-9-10-30-21(17)35-23(36-22)19-20(15-7-8-15)32-13-33-25(19)38-2/h3-6,12-13,15H,7-11H2,1-2H3,(H2,30,31,35,36). The number of halogens is 3. The number of aryl methyl sites for hydroxylation is 1. The van der Waals surface area contributed by atoms with E-state index in [0.29, 0.717) is 35.5 Å². The summed E-state index contributed by atoms with van der Waals surface area (Å²) in [7, 11) is 3.13. The number of ether oxygens (including phenoxy) is 1. The number of hydrogen-bond acceptors (Lipinski definition) is 8. The molecule has 1 aromatic carbocycles. The van der Waals surface area contributed by atoms with Crippen LogP contribution in [0.4, 0.5) is 24.8 Å². The van der Waals surface area contributed by atoms with E-state index in [-0.39, 0.29) is 5.82 Å². The van der Waals surface area contributed by atoms with Crippen molar-refractivity contribution in [3.8, 4) is 28.7 Å². The predicted octanol–water partition coefficient (Wildman–Crippen LogP) is 4.82. The minimum atomic E-state index is -4.49. The van der Waals surface area contributed by atoms with Crippen LogP contribution in [-0.2, 0) is 26.2 Å². The molecule has 0 spiro atoms. The molecule has 0 unspecified atom stereocenters. The van der Waals surface area contributed by atoms with E-state index in [9.17, 15) is 13.2 Å².